The third-order valence-corrected chi connectivity index (χ3v) is 3.80. The molecule has 0 aliphatic heterocycles. The molecule has 0 aliphatic carbocycles. The number of rotatable bonds is 5. The molecule has 2 aromatic rings. The molecular weight excluding hydrogens is 246 g/mol. The highest BCUT2D eigenvalue weighted by molar-refractivity contribution is 5.41. The van der Waals surface area contributed by atoms with E-state index in [1.54, 1.807) is 0 Å². The number of hydrogen-bond acceptors (Lipinski definition) is 2. The van der Waals surface area contributed by atoms with Crippen molar-refractivity contribution in [2.24, 2.45) is 5.73 Å². The van der Waals surface area contributed by atoms with E-state index in [4.69, 9.17) is 10.5 Å². The molecule has 20 heavy (non-hydrogen) atoms. The van der Waals surface area contributed by atoms with Crippen molar-refractivity contribution in [2.75, 3.05) is 13.2 Å². The van der Waals surface area contributed by atoms with Gasteiger partial charge in [0.05, 0.1) is 6.61 Å². The predicted molar refractivity (Wildman–Crippen MR) is 83.9 cm³/mol. The quantitative estimate of drug-likeness (QED) is 0.898. The fourth-order valence-electron chi connectivity index (χ4n) is 2.47. The molecule has 2 aromatic carbocycles. The first-order chi connectivity index (χ1) is 9.65. The maximum absolute atomic E-state index is 6.06. The van der Waals surface area contributed by atoms with Gasteiger partial charge in [0.15, 0.2) is 0 Å². The first kappa shape index (κ1) is 14.8. The van der Waals surface area contributed by atoms with Gasteiger partial charge in [-0.15, -0.1) is 0 Å². The maximum atomic E-state index is 6.06. The van der Waals surface area contributed by atoms with Crippen molar-refractivity contribution >= 4 is 0 Å². The van der Waals surface area contributed by atoms with Crippen LogP contribution in [-0.2, 0) is 4.74 Å². The molecule has 0 saturated heterocycles. The van der Waals surface area contributed by atoms with Crippen molar-refractivity contribution in [2.45, 2.75) is 26.9 Å². The Bertz CT molecular complexity index is 577. The van der Waals surface area contributed by atoms with E-state index in [1.165, 1.54) is 27.8 Å². The zero-order valence-corrected chi connectivity index (χ0v) is 12.5. The van der Waals surface area contributed by atoms with E-state index >= 15 is 0 Å². The Hall–Kier alpha value is -1.64. The molecule has 2 heteroatoms. The van der Waals surface area contributed by atoms with Crippen LogP contribution in [0.25, 0.3) is 0 Å². The lowest BCUT2D eigenvalue weighted by Crippen LogP contribution is -2.15. The van der Waals surface area contributed by atoms with Gasteiger partial charge >= 0.3 is 0 Å². The molecule has 2 N–H and O–H groups in total. The lowest BCUT2D eigenvalue weighted by atomic mass is 9.92. The number of benzene rings is 2. The van der Waals surface area contributed by atoms with Gasteiger partial charge in [-0.3, -0.25) is 0 Å². The van der Waals surface area contributed by atoms with Crippen molar-refractivity contribution in [3.63, 3.8) is 0 Å². The van der Waals surface area contributed by atoms with Crippen LogP contribution in [0.2, 0.25) is 0 Å². The van der Waals surface area contributed by atoms with Gasteiger partial charge in [-0.05, 0) is 48.6 Å². The summed E-state index contributed by atoms with van der Waals surface area (Å²) in [5.74, 6) is 0. The first-order valence-corrected chi connectivity index (χ1v) is 7.08. The molecular formula is C18H23NO. The topological polar surface area (TPSA) is 35.2 Å². The molecule has 106 valence electrons. The fourth-order valence-corrected chi connectivity index (χ4v) is 2.47. The average Bonchev–Trinajstić information content (AvgIpc) is 2.45. The zero-order valence-electron chi connectivity index (χ0n) is 12.5. The second-order valence-electron chi connectivity index (χ2n) is 5.19. The smallest absolute Gasteiger partial charge is 0.108 e. The molecule has 0 heterocycles. The molecule has 0 aromatic heterocycles. The van der Waals surface area contributed by atoms with Crippen LogP contribution in [0.15, 0.2) is 42.5 Å². The van der Waals surface area contributed by atoms with Crippen LogP contribution in [0.5, 0.6) is 0 Å². The summed E-state index contributed by atoms with van der Waals surface area (Å²) in [6.07, 6.45) is -0.0420. The van der Waals surface area contributed by atoms with Crippen molar-refractivity contribution in [3.8, 4) is 0 Å². The molecule has 0 bridgehead atoms. The number of ether oxygens (including phenoxy) is 1. The normalized spacial score (nSPS) is 12.4. The minimum absolute atomic E-state index is 0.0420. The third-order valence-electron chi connectivity index (χ3n) is 3.80. The van der Waals surface area contributed by atoms with E-state index in [0.717, 1.165) is 0 Å². The van der Waals surface area contributed by atoms with E-state index in [2.05, 4.69) is 63.2 Å². The molecule has 1 unspecified atom stereocenters. The number of nitrogens with two attached hydrogens (primary N) is 1. The van der Waals surface area contributed by atoms with Crippen LogP contribution in [-0.4, -0.2) is 13.2 Å². The Morgan fingerprint density at radius 2 is 1.55 bits per heavy atom. The summed E-state index contributed by atoms with van der Waals surface area (Å²) in [6, 6.07) is 14.8. The van der Waals surface area contributed by atoms with Gasteiger partial charge in [-0.1, -0.05) is 42.5 Å². The minimum atomic E-state index is -0.0420. The van der Waals surface area contributed by atoms with Gasteiger partial charge in [0.2, 0.25) is 0 Å². The Morgan fingerprint density at radius 3 is 2.25 bits per heavy atom. The molecule has 0 radical (unpaired) electrons. The van der Waals surface area contributed by atoms with Gasteiger partial charge < -0.3 is 10.5 Å². The summed E-state index contributed by atoms with van der Waals surface area (Å²) in [7, 11) is 0. The molecule has 0 saturated carbocycles. The fraction of sp³-hybridized carbons (Fsp3) is 0.333. The lowest BCUT2D eigenvalue weighted by Gasteiger charge is -2.23. The Kier molecular flexibility index (Phi) is 4.94. The largest absolute Gasteiger partial charge is 0.367 e. The van der Waals surface area contributed by atoms with Crippen molar-refractivity contribution in [1.29, 1.82) is 0 Å². The second-order valence-corrected chi connectivity index (χ2v) is 5.19. The first-order valence-electron chi connectivity index (χ1n) is 7.08. The summed E-state index contributed by atoms with van der Waals surface area (Å²) in [4.78, 5) is 0. The molecule has 2 nitrogen and oxygen atoms in total. The summed E-state index contributed by atoms with van der Waals surface area (Å²) in [5, 5.41) is 0. The molecule has 2 rings (SSSR count). The average molecular weight is 269 g/mol. The Morgan fingerprint density at radius 1 is 0.900 bits per heavy atom. The van der Waals surface area contributed by atoms with Crippen LogP contribution in [0.4, 0.5) is 0 Å². The molecule has 0 fully saturated rings. The lowest BCUT2D eigenvalue weighted by molar-refractivity contribution is 0.0856. The molecule has 0 aliphatic rings. The Balaban J connectivity index is 2.47. The van der Waals surface area contributed by atoms with Gasteiger partial charge in [0.25, 0.3) is 0 Å². The van der Waals surface area contributed by atoms with Crippen LogP contribution in [0.1, 0.15) is 33.9 Å². The van der Waals surface area contributed by atoms with E-state index in [-0.39, 0.29) is 6.10 Å². The van der Waals surface area contributed by atoms with Gasteiger partial charge in [0.1, 0.15) is 6.10 Å². The summed E-state index contributed by atoms with van der Waals surface area (Å²) in [5.41, 5.74) is 11.9. The second kappa shape index (κ2) is 6.69. The highest BCUT2D eigenvalue weighted by atomic mass is 16.5. The molecule has 0 amide bonds. The number of hydrogen-bond donors (Lipinski definition) is 1. The summed E-state index contributed by atoms with van der Waals surface area (Å²) >= 11 is 0. The van der Waals surface area contributed by atoms with E-state index in [1.807, 2.05) is 0 Å². The van der Waals surface area contributed by atoms with Gasteiger partial charge in [-0.2, -0.15) is 0 Å². The van der Waals surface area contributed by atoms with Crippen LogP contribution < -0.4 is 5.73 Å². The van der Waals surface area contributed by atoms with Crippen LogP contribution in [0.3, 0.4) is 0 Å². The summed E-state index contributed by atoms with van der Waals surface area (Å²) in [6.45, 7) is 7.51. The minimum Gasteiger partial charge on any atom is -0.367 e. The van der Waals surface area contributed by atoms with Crippen LogP contribution >= 0.6 is 0 Å². The van der Waals surface area contributed by atoms with Crippen LogP contribution in [0, 0.1) is 20.8 Å². The predicted octanol–water partition coefficient (Wildman–Crippen LogP) is 3.68. The standard InChI is InChI=1S/C18H23NO/c1-13-8-6-10-17(15(13)3)18(20-12-11-19)16-9-5-4-7-14(16)2/h4-10,18H,11-12,19H2,1-3H3. The van der Waals surface area contributed by atoms with E-state index < -0.39 is 0 Å². The Labute approximate surface area is 121 Å². The molecule has 0 spiro atoms. The van der Waals surface area contributed by atoms with Crippen molar-refractivity contribution < 1.29 is 4.74 Å². The monoisotopic (exact) mass is 269 g/mol. The number of aryl methyl sites for hydroxylation is 2. The van der Waals surface area contributed by atoms with E-state index in [0.29, 0.717) is 13.2 Å². The van der Waals surface area contributed by atoms with Gasteiger partial charge in [0, 0.05) is 6.54 Å². The highest BCUT2D eigenvalue weighted by Crippen LogP contribution is 2.31. The zero-order chi connectivity index (χ0) is 14.5. The van der Waals surface area contributed by atoms with Crippen molar-refractivity contribution in [1.82, 2.24) is 0 Å². The van der Waals surface area contributed by atoms with E-state index in [9.17, 15) is 0 Å². The third kappa shape index (κ3) is 3.09. The van der Waals surface area contributed by atoms with Gasteiger partial charge in [-0.25, -0.2) is 0 Å². The van der Waals surface area contributed by atoms with Crippen molar-refractivity contribution in [3.05, 3.63) is 70.3 Å². The highest BCUT2D eigenvalue weighted by Gasteiger charge is 2.18. The summed E-state index contributed by atoms with van der Waals surface area (Å²) < 4.78 is 6.06. The molecule has 1 atom stereocenters. The SMILES string of the molecule is Cc1ccccc1C(OCCN)c1cccc(C)c1C. The maximum Gasteiger partial charge on any atom is 0.108 e.